The smallest absolute Gasteiger partial charge is 0.270 e. The van der Waals surface area contributed by atoms with E-state index in [0.29, 0.717) is 17.3 Å². The Bertz CT molecular complexity index is 514. The van der Waals surface area contributed by atoms with Gasteiger partial charge in [-0.2, -0.15) is 0 Å². The third-order valence-electron chi connectivity index (χ3n) is 3.76. The number of nitrogens with one attached hydrogen (secondary N) is 2. The minimum Gasteiger partial charge on any atom is -0.365 e. The first-order chi connectivity index (χ1) is 10.3. The number of nitrogens with zero attached hydrogens (tertiary/aromatic N) is 2. The molecular weight excluding hydrogens is 276 g/mol. The predicted molar refractivity (Wildman–Crippen MR) is 89.1 cm³/mol. The standard InChI is InChI=1S/C17H28N4O/c1-12-18-14(11-15(19-12)21-17(2,3)4)16(22)20-13-9-7-5-6-8-10-13/h11,13H,5-10H2,1-4H3,(H,20,22)(H,18,19,21). The van der Waals surface area contributed by atoms with Crippen LogP contribution in [0, 0.1) is 6.92 Å². The molecule has 1 heterocycles. The van der Waals surface area contributed by atoms with Gasteiger partial charge in [-0.25, -0.2) is 9.97 Å². The summed E-state index contributed by atoms with van der Waals surface area (Å²) in [4.78, 5) is 21.1. The molecule has 0 spiro atoms. The molecule has 0 bridgehead atoms. The molecule has 1 aromatic heterocycles. The Hall–Kier alpha value is -1.65. The molecule has 22 heavy (non-hydrogen) atoms. The van der Waals surface area contributed by atoms with Crippen molar-refractivity contribution in [2.24, 2.45) is 0 Å². The molecule has 0 radical (unpaired) electrons. The molecule has 5 heteroatoms. The highest BCUT2D eigenvalue weighted by Gasteiger charge is 2.18. The van der Waals surface area contributed by atoms with Crippen LogP contribution in [0.15, 0.2) is 6.07 Å². The van der Waals surface area contributed by atoms with Crippen LogP contribution in [0.4, 0.5) is 5.82 Å². The lowest BCUT2D eigenvalue weighted by Gasteiger charge is -2.22. The Morgan fingerprint density at radius 3 is 2.36 bits per heavy atom. The molecule has 0 aromatic carbocycles. The number of aryl methyl sites for hydroxylation is 1. The van der Waals surface area contributed by atoms with E-state index in [1.807, 2.05) is 6.92 Å². The van der Waals surface area contributed by atoms with E-state index in [1.165, 1.54) is 25.7 Å². The topological polar surface area (TPSA) is 66.9 Å². The van der Waals surface area contributed by atoms with E-state index in [-0.39, 0.29) is 17.5 Å². The zero-order valence-electron chi connectivity index (χ0n) is 14.2. The second-order valence-corrected chi connectivity index (χ2v) is 7.22. The maximum atomic E-state index is 12.5. The van der Waals surface area contributed by atoms with Gasteiger partial charge in [0, 0.05) is 17.6 Å². The number of carbonyl (C=O) groups is 1. The largest absolute Gasteiger partial charge is 0.365 e. The molecule has 1 fully saturated rings. The van der Waals surface area contributed by atoms with Crippen molar-refractivity contribution in [1.29, 1.82) is 0 Å². The maximum Gasteiger partial charge on any atom is 0.270 e. The van der Waals surface area contributed by atoms with Crippen molar-refractivity contribution in [3.8, 4) is 0 Å². The lowest BCUT2D eigenvalue weighted by atomic mass is 10.1. The van der Waals surface area contributed by atoms with Crippen molar-refractivity contribution in [3.05, 3.63) is 17.6 Å². The van der Waals surface area contributed by atoms with Gasteiger partial charge < -0.3 is 10.6 Å². The molecule has 2 rings (SSSR count). The first kappa shape index (κ1) is 16.7. The normalized spacial score (nSPS) is 16.9. The van der Waals surface area contributed by atoms with Crippen molar-refractivity contribution in [2.75, 3.05) is 5.32 Å². The molecule has 1 aliphatic carbocycles. The van der Waals surface area contributed by atoms with Crippen LogP contribution in [-0.2, 0) is 0 Å². The summed E-state index contributed by atoms with van der Waals surface area (Å²) in [6.07, 6.45) is 7.10. The van der Waals surface area contributed by atoms with Crippen LogP contribution in [0.25, 0.3) is 0 Å². The second-order valence-electron chi connectivity index (χ2n) is 7.22. The molecule has 122 valence electrons. The molecule has 0 unspecified atom stereocenters. The molecule has 0 atom stereocenters. The molecule has 1 amide bonds. The van der Waals surface area contributed by atoms with E-state index in [4.69, 9.17) is 0 Å². The Morgan fingerprint density at radius 1 is 1.14 bits per heavy atom. The highest BCUT2D eigenvalue weighted by atomic mass is 16.1. The fourth-order valence-electron chi connectivity index (χ4n) is 2.82. The highest BCUT2D eigenvalue weighted by Crippen LogP contribution is 2.18. The summed E-state index contributed by atoms with van der Waals surface area (Å²) < 4.78 is 0. The number of rotatable bonds is 3. The van der Waals surface area contributed by atoms with Crippen molar-refractivity contribution >= 4 is 11.7 Å². The quantitative estimate of drug-likeness (QED) is 0.839. The van der Waals surface area contributed by atoms with Crippen LogP contribution in [0.1, 0.15) is 75.6 Å². The monoisotopic (exact) mass is 304 g/mol. The summed E-state index contributed by atoms with van der Waals surface area (Å²) in [5.41, 5.74) is 0.346. The third kappa shape index (κ3) is 5.28. The van der Waals surface area contributed by atoms with E-state index < -0.39 is 0 Å². The third-order valence-corrected chi connectivity index (χ3v) is 3.76. The molecule has 1 aromatic rings. The zero-order valence-corrected chi connectivity index (χ0v) is 14.2. The van der Waals surface area contributed by atoms with Crippen molar-refractivity contribution in [1.82, 2.24) is 15.3 Å². The van der Waals surface area contributed by atoms with E-state index in [2.05, 4.69) is 41.4 Å². The summed E-state index contributed by atoms with van der Waals surface area (Å²) in [5, 5.41) is 6.44. The first-order valence-electron chi connectivity index (χ1n) is 8.28. The maximum absolute atomic E-state index is 12.5. The van der Waals surface area contributed by atoms with Gasteiger partial charge in [-0.3, -0.25) is 4.79 Å². The van der Waals surface area contributed by atoms with E-state index in [1.54, 1.807) is 6.07 Å². The average molecular weight is 304 g/mol. The lowest BCUT2D eigenvalue weighted by molar-refractivity contribution is 0.0928. The Kier molecular flexibility index (Phi) is 5.37. The second kappa shape index (κ2) is 7.07. The Labute approximate surface area is 133 Å². The predicted octanol–water partition coefficient (Wildman–Crippen LogP) is 3.45. The van der Waals surface area contributed by atoms with Gasteiger partial charge in [0.25, 0.3) is 5.91 Å². The molecular formula is C17H28N4O. The minimum atomic E-state index is -0.101. The van der Waals surface area contributed by atoms with Gasteiger partial charge in [0.05, 0.1) is 0 Å². The molecule has 1 saturated carbocycles. The first-order valence-corrected chi connectivity index (χ1v) is 8.28. The number of amides is 1. The molecule has 2 N–H and O–H groups in total. The summed E-state index contributed by atoms with van der Waals surface area (Å²) in [7, 11) is 0. The number of aromatic nitrogens is 2. The van der Waals surface area contributed by atoms with E-state index in [9.17, 15) is 4.79 Å². The summed E-state index contributed by atoms with van der Waals surface area (Å²) in [5.74, 6) is 1.22. The van der Waals surface area contributed by atoms with Gasteiger partial charge in [0.2, 0.25) is 0 Å². The van der Waals surface area contributed by atoms with Gasteiger partial charge in [0.1, 0.15) is 17.3 Å². The van der Waals surface area contributed by atoms with Crippen LogP contribution in [0.2, 0.25) is 0 Å². The zero-order chi connectivity index (χ0) is 16.2. The van der Waals surface area contributed by atoms with Crippen molar-refractivity contribution in [3.63, 3.8) is 0 Å². The SMILES string of the molecule is Cc1nc(NC(C)(C)C)cc(C(=O)NC2CCCCCC2)n1. The molecule has 0 aliphatic heterocycles. The highest BCUT2D eigenvalue weighted by molar-refractivity contribution is 5.93. The van der Waals surface area contributed by atoms with Crippen molar-refractivity contribution < 1.29 is 4.79 Å². The average Bonchev–Trinajstić information content (AvgIpc) is 2.64. The number of anilines is 1. The minimum absolute atomic E-state index is 0.0886. The van der Waals surface area contributed by atoms with Crippen LogP contribution in [-0.4, -0.2) is 27.5 Å². The van der Waals surface area contributed by atoms with Gasteiger partial charge in [-0.15, -0.1) is 0 Å². The van der Waals surface area contributed by atoms with Crippen LogP contribution < -0.4 is 10.6 Å². The van der Waals surface area contributed by atoms with Crippen LogP contribution in [0.5, 0.6) is 0 Å². The van der Waals surface area contributed by atoms with E-state index >= 15 is 0 Å². The molecule has 1 aliphatic rings. The van der Waals surface area contributed by atoms with Crippen molar-refractivity contribution in [2.45, 2.75) is 77.8 Å². The number of carbonyl (C=O) groups excluding carboxylic acids is 1. The summed E-state index contributed by atoms with van der Waals surface area (Å²) in [6, 6.07) is 2.02. The van der Waals surface area contributed by atoms with Crippen LogP contribution >= 0.6 is 0 Å². The summed E-state index contributed by atoms with van der Waals surface area (Å²) in [6.45, 7) is 8.01. The van der Waals surface area contributed by atoms with E-state index in [0.717, 1.165) is 12.8 Å². The fourth-order valence-corrected chi connectivity index (χ4v) is 2.82. The number of hydrogen-bond acceptors (Lipinski definition) is 4. The van der Waals surface area contributed by atoms with Gasteiger partial charge in [-0.05, 0) is 40.5 Å². The van der Waals surface area contributed by atoms with Gasteiger partial charge in [0.15, 0.2) is 0 Å². The Balaban J connectivity index is 2.08. The fraction of sp³-hybridized carbons (Fsp3) is 0.706. The molecule has 0 saturated heterocycles. The lowest BCUT2D eigenvalue weighted by Crippen LogP contribution is -2.35. The summed E-state index contributed by atoms with van der Waals surface area (Å²) >= 11 is 0. The van der Waals surface area contributed by atoms with Gasteiger partial charge in [-0.1, -0.05) is 25.7 Å². The van der Waals surface area contributed by atoms with Crippen LogP contribution in [0.3, 0.4) is 0 Å². The Morgan fingerprint density at radius 2 is 1.77 bits per heavy atom. The number of hydrogen-bond donors (Lipinski definition) is 2. The molecule has 5 nitrogen and oxygen atoms in total. The van der Waals surface area contributed by atoms with Gasteiger partial charge >= 0.3 is 0 Å².